The van der Waals surface area contributed by atoms with Crippen LogP contribution in [0.15, 0.2) is 22.8 Å². The van der Waals surface area contributed by atoms with Crippen molar-refractivity contribution >= 4 is 27.7 Å². The molecule has 1 aromatic rings. The highest BCUT2D eigenvalue weighted by Crippen LogP contribution is 2.10. The van der Waals surface area contributed by atoms with Crippen LogP contribution in [0.4, 0.5) is 5.82 Å². The fraction of sp³-hybridized carbons (Fsp3) is 0.400. The van der Waals surface area contributed by atoms with Crippen molar-refractivity contribution in [2.45, 2.75) is 6.42 Å². The van der Waals surface area contributed by atoms with Gasteiger partial charge in [0.1, 0.15) is 10.4 Å². The van der Waals surface area contributed by atoms with Gasteiger partial charge in [0.25, 0.3) is 0 Å². The molecule has 0 saturated carbocycles. The lowest BCUT2D eigenvalue weighted by atomic mass is 10.3. The van der Waals surface area contributed by atoms with E-state index in [2.05, 4.69) is 26.2 Å². The first-order valence-corrected chi connectivity index (χ1v) is 5.44. The zero-order valence-corrected chi connectivity index (χ0v) is 10.4. The van der Waals surface area contributed by atoms with E-state index in [0.717, 1.165) is 6.54 Å². The number of nitrogens with zero attached hydrogens (tertiary/aromatic N) is 2. The summed E-state index contributed by atoms with van der Waals surface area (Å²) >= 11 is 3.24. The van der Waals surface area contributed by atoms with Crippen LogP contribution in [-0.2, 0) is 4.79 Å². The quantitative estimate of drug-likeness (QED) is 0.849. The Bertz CT molecular complexity index is 341. The molecule has 15 heavy (non-hydrogen) atoms. The summed E-state index contributed by atoms with van der Waals surface area (Å²) in [6.45, 7) is 0.736. The zero-order valence-electron chi connectivity index (χ0n) is 8.83. The number of anilines is 1. The maximum Gasteiger partial charge on any atom is 0.226 e. The minimum Gasteiger partial charge on any atom is -0.311 e. The van der Waals surface area contributed by atoms with E-state index in [-0.39, 0.29) is 5.91 Å². The van der Waals surface area contributed by atoms with E-state index in [9.17, 15) is 4.79 Å². The Labute approximate surface area is 97.8 Å². The van der Waals surface area contributed by atoms with Gasteiger partial charge in [-0.15, -0.1) is 0 Å². The fourth-order valence-electron chi connectivity index (χ4n) is 1.01. The topological polar surface area (TPSA) is 45.2 Å². The number of halogens is 1. The summed E-state index contributed by atoms with van der Waals surface area (Å²) in [6.07, 6.45) is 0.473. The first kappa shape index (κ1) is 12.1. The normalized spacial score (nSPS) is 10.4. The second kappa shape index (κ2) is 5.82. The van der Waals surface area contributed by atoms with Crippen molar-refractivity contribution in [3.05, 3.63) is 22.8 Å². The summed E-state index contributed by atoms with van der Waals surface area (Å²) in [5.74, 6) is 0.558. The molecule has 1 aromatic heterocycles. The van der Waals surface area contributed by atoms with Gasteiger partial charge in [-0.25, -0.2) is 4.98 Å². The van der Waals surface area contributed by atoms with Crippen LogP contribution in [0.25, 0.3) is 0 Å². The van der Waals surface area contributed by atoms with Crippen molar-refractivity contribution < 1.29 is 4.79 Å². The number of aromatic nitrogens is 1. The van der Waals surface area contributed by atoms with E-state index >= 15 is 0 Å². The molecule has 1 N–H and O–H groups in total. The van der Waals surface area contributed by atoms with Crippen molar-refractivity contribution in [3.8, 4) is 0 Å². The maximum atomic E-state index is 11.4. The first-order chi connectivity index (χ1) is 7.08. The van der Waals surface area contributed by atoms with Crippen LogP contribution in [0.1, 0.15) is 6.42 Å². The van der Waals surface area contributed by atoms with E-state index in [4.69, 9.17) is 0 Å². The summed E-state index contributed by atoms with van der Waals surface area (Å²) in [5, 5.41) is 2.73. The molecule has 0 bridgehead atoms. The molecule has 0 fully saturated rings. The fourth-order valence-corrected chi connectivity index (χ4v) is 1.35. The molecule has 0 aliphatic rings. The Morgan fingerprint density at radius 1 is 1.53 bits per heavy atom. The first-order valence-electron chi connectivity index (χ1n) is 4.65. The summed E-state index contributed by atoms with van der Waals surface area (Å²) in [6, 6.07) is 5.41. The molecule has 0 unspecified atom stereocenters. The molecule has 4 nitrogen and oxygen atoms in total. The third-order valence-corrected chi connectivity index (χ3v) is 2.21. The Hall–Kier alpha value is -0.940. The molecule has 0 aromatic carbocycles. The van der Waals surface area contributed by atoms with Crippen LogP contribution in [-0.4, -0.2) is 36.4 Å². The molecule has 0 saturated heterocycles. The summed E-state index contributed by atoms with van der Waals surface area (Å²) in [4.78, 5) is 17.5. The minimum atomic E-state index is -0.0192. The largest absolute Gasteiger partial charge is 0.311 e. The molecule has 0 aliphatic heterocycles. The van der Waals surface area contributed by atoms with Crippen molar-refractivity contribution in [3.63, 3.8) is 0 Å². The van der Waals surface area contributed by atoms with Gasteiger partial charge in [0.05, 0.1) is 0 Å². The van der Waals surface area contributed by atoms with Crippen molar-refractivity contribution in [2.24, 2.45) is 0 Å². The highest BCUT2D eigenvalue weighted by molar-refractivity contribution is 9.10. The molecule has 0 radical (unpaired) electrons. The lowest BCUT2D eigenvalue weighted by Gasteiger charge is -2.09. The molecule has 82 valence electrons. The van der Waals surface area contributed by atoms with E-state index < -0.39 is 0 Å². The smallest absolute Gasteiger partial charge is 0.226 e. The van der Waals surface area contributed by atoms with E-state index in [1.54, 1.807) is 6.07 Å². The van der Waals surface area contributed by atoms with Gasteiger partial charge in [-0.3, -0.25) is 4.79 Å². The number of hydrogen-bond donors (Lipinski definition) is 1. The Morgan fingerprint density at radius 2 is 2.27 bits per heavy atom. The Morgan fingerprint density at radius 3 is 2.87 bits per heavy atom. The van der Waals surface area contributed by atoms with Crippen LogP contribution in [0, 0.1) is 0 Å². The molecule has 1 heterocycles. The average Bonchev–Trinajstić information content (AvgIpc) is 2.15. The molecule has 1 rings (SSSR count). The van der Waals surface area contributed by atoms with Crippen molar-refractivity contribution in [1.82, 2.24) is 9.88 Å². The standard InChI is InChI=1S/C10H14BrN3O/c1-14(2)7-6-10(15)13-9-5-3-4-8(11)12-9/h3-5H,6-7H2,1-2H3,(H,12,13,15). The van der Waals surface area contributed by atoms with Gasteiger partial charge in [-0.05, 0) is 42.2 Å². The maximum absolute atomic E-state index is 11.4. The number of nitrogens with one attached hydrogen (secondary N) is 1. The number of amides is 1. The summed E-state index contributed by atoms with van der Waals surface area (Å²) in [7, 11) is 3.87. The lowest BCUT2D eigenvalue weighted by Crippen LogP contribution is -2.21. The van der Waals surface area contributed by atoms with Gasteiger partial charge in [-0.1, -0.05) is 6.07 Å². The van der Waals surface area contributed by atoms with E-state index in [0.29, 0.717) is 16.8 Å². The van der Waals surface area contributed by atoms with E-state index in [1.165, 1.54) is 0 Å². The predicted molar refractivity (Wildman–Crippen MR) is 63.7 cm³/mol. The van der Waals surface area contributed by atoms with E-state index in [1.807, 2.05) is 31.1 Å². The van der Waals surface area contributed by atoms with Crippen LogP contribution >= 0.6 is 15.9 Å². The van der Waals surface area contributed by atoms with Crippen LogP contribution in [0.5, 0.6) is 0 Å². The summed E-state index contributed by atoms with van der Waals surface area (Å²) < 4.78 is 0.716. The number of carbonyl (C=O) groups excluding carboxylic acids is 1. The highest BCUT2D eigenvalue weighted by atomic mass is 79.9. The second-order valence-corrected chi connectivity index (χ2v) is 4.26. The third-order valence-electron chi connectivity index (χ3n) is 1.77. The molecular formula is C10H14BrN3O. The number of pyridine rings is 1. The van der Waals surface area contributed by atoms with Gasteiger partial charge in [-0.2, -0.15) is 0 Å². The van der Waals surface area contributed by atoms with Crippen LogP contribution in [0.3, 0.4) is 0 Å². The van der Waals surface area contributed by atoms with Crippen LogP contribution < -0.4 is 5.32 Å². The molecule has 0 aliphatic carbocycles. The van der Waals surface area contributed by atoms with Gasteiger partial charge in [0, 0.05) is 13.0 Å². The molecule has 5 heteroatoms. The average molecular weight is 272 g/mol. The van der Waals surface area contributed by atoms with Gasteiger partial charge >= 0.3 is 0 Å². The highest BCUT2D eigenvalue weighted by Gasteiger charge is 2.03. The number of rotatable bonds is 4. The van der Waals surface area contributed by atoms with Gasteiger partial charge < -0.3 is 10.2 Å². The van der Waals surface area contributed by atoms with Gasteiger partial charge in [0.2, 0.25) is 5.91 Å². The third kappa shape index (κ3) is 4.90. The Balaban J connectivity index is 2.44. The van der Waals surface area contributed by atoms with Gasteiger partial charge in [0.15, 0.2) is 0 Å². The monoisotopic (exact) mass is 271 g/mol. The molecular weight excluding hydrogens is 258 g/mol. The zero-order chi connectivity index (χ0) is 11.3. The minimum absolute atomic E-state index is 0.0192. The number of hydrogen-bond acceptors (Lipinski definition) is 3. The SMILES string of the molecule is CN(C)CCC(=O)Nc1cccc(Br)n1. The second-order valence-electron chi connectivity index (χ2n) is 3.45. The van der Waals surface area contributed by atoms with Crippen LogP contribution in [0.2, 0.25) is 0 Å². The lowest BCUT2D eigenvalue weighted by molar-refractivity contribution is -0.116. The molecule has 0 spiro atoms. The molecule has 1 amide bonds. The predicted octanol–water partition coefficient (Wildman–Crippen LogP) is 1.73. The Kier molecular flexibility index (Phi) is 4.71. The number of carbonyl (C=O) groups is 1. The molecule has 0 atom stereocenters. The van der Waals surface area contributed by atoms with Crippen molar-refractivity contribution in [2.75, 3.05) is 26.0 Å². The van der Waals surface area contributed by atoms with Crippen molar-refractivity contribution in [1.29, 1.82) is 0 Å². The summed E-state index contributed by atoms with van der Waals surface area (Å²) in [5.41, 5.74) is 0.